The number of halogens is 2. The molecule has 0 bridgehead atoms. The first kappa shape index (κ1) is 33.5. The molecule has 38 heavy (non-hydrogen) atoms. The van der Waals surface area contributed by atoms with E-state index in [9.17, 15) is 8.78 Å². The number of piperidine rings is 1. The van der Waals surface area contributed by atoms with Crippen molar-refractivity contribution in [1.82, 2.24) is 4.90 Å². The SMILES string of the molecule is COC=O.C\C=C(/C=C\C(=C\CC)CN1CC(OCCC)CC(C(C)(C)C)C1)c1ccccc1OC(F)F. The van der Waals surface area contributed by atoms with E-state index in [2.05, 4.69) is 56.4 Å². The zero-order valence-corrected chi connectivity index (χ0v) is 24.2. The van der Waals surface area contributed by atoms with Gasteiger partial charge in [-0.3, -0.25) is 9.69 Å². The van der Waals surface area contributed by atoms with E-state index in [1.165, 1.54) is 12.7 Å². The van der Waals surface area contributed by atoms with Crippen molar-refractivity contribution in [3.63, 3.8) is 0 Å². The van der Waals surface area contributed by atoms with Crippen molar-refractivity contribution in [2.24, 2.45) is 11.3 Å². The fraction of sp³-hybridized carbons (Fsp3) is 0.581. The van der Waals surface area contributed by atoms with Gasteiger partial charge in [0.2, 0.25) is 0 Å². The molecule has 5 nitrogen and oxygen atoms in total. The van der Waals surface area contributed by atoms with Crippen molar-refractivity contribution in [2.75, 3.05) is 33.4 Å². The molecule has 0 aromatic heterocycles. The molecule has 2 unspecified atom stereocenters. The predicted molar refractivity (Wildman–Crippen MR) is 151 cm³/mol. The van der Waals surface area contributed by atoms with E-state index < -0.39 is 6.61 Å². The second kappa shape index (κ2) is 17.9. The van der Waals surface area contributed by atoms with Crippen molar-refractivity contribution in [1.29, 1.82) is 0 Å². The number of hydrogen-bond acceptors (Lipinski definition) is 5. The summed E-state index contributed by atoms with van der Waals surface area (Å²) in [6.07, 6.45) is 11.6. The molecule has 1 fully saturated rings. The summed E-state index contributed by atoms with van der Waals surface area (Å²) in [6, 6.07) is 6.94. The molecule has 0 N–H and O–H groups in total. The van der Waals surface area contributed by atoms with Gasteiger partial charge < -0.3 is 14.2 Å². The lowest BCUT2D eigenvalue weighted by atomic mass is 9.75. The number of likely N-dealkylation sites (tertiary alicyclic amines) is 1. The van der Waals surface area contributed by atoms with Crippen molar-refractivity contribution in [3.8, 4) is 5.75 Å². The van der Waals surface area contributed by atoms with Gasteiger partial charge in [0.05, 0.1) is 13.2 Å². The minimum atomic E-state index is -2.85. The second-order valence-corrected chi connectivity index (χ2v) is 10.5. The monoisotopic (exact) mass is 535 g/mol. The second-order valence-electron chi connectivity index (χ2n) is 10.5. The minimum Gasteiger partial charge on any atom is -0.471 e. The molecule has 0 saturated carbocycles. The average molecular weight is 536 g/mol. The van der Waals surface area contributed by atoms with Gasteiger partial charge in [-0.15, -0.1) is 0 Å². The lowest BCUT2D eigenvalue weighted by Gasteiger charge is -2.43. The van der Waals surface area contributed by atoms with Crippen LogP contribution < -0.4 is 4.74 Å². The molecule has 2 atom stereocenters. The van der Waals surface area contributed by atoms with Crippen LogP contribution in [0, 0.1) is 11.3 Å². The number of carbonyl (C=O) groups is 1. The van der Waals surface area contributed by atoms with Crippen LogP contribution in [-0.4, -0.2) is 57.4 Å². The van der Waals surface area contributed by atoms with E-state index in [1.54, 1.807) is 12.1 Å². The highest BCUT2D eigenvalue weighted by Crippen LogP contribution is 2.35. The summed E-state index contributed by atoms with van der Waals surface area (Å²) in [4.78, 5) is 11.5. The van der Waals surface area contributed by atoms with E-state index in [0.717, 1.165) is 51.1 Å². The van der Waals surface area contributed by atoms with E-state index in [4.69, 9.17) is 14.3 Å². The van der Waals surface area contributed by atoms with Gasteiger partial charge in [0.25, 0.3) is 6.47 Å². The van der Waals surface area contributed by atoms with Crippen LogP contribution in [0.2, 0.25) is 0 Å². The molecule has 0 amide bonds. The minimum absolute atomic E-state index is 0.191. The van der Waals surface area contributed by atoms with Crippen LogP contribution in [0.25, 0.3) is 5.57 Å². The van der Waals surface area contributed by atoms with E-state index in [-0.39, 0.29) is 17.3 Å². The molecule has 0 radical (unpaired) electrons. The highest BCUT2D eigenvalue weighted by atomic mass is 19.3. The van der Waals surface area contributed by atoms with Crippen LogP contribution in [0.5, 0.6) is 5.75 Å². The van der Waals surface area contributed by atoms with Gasteiger partial charge in [-0.25, -0.2) is 0 Å². The molecule has 1 heterocycles. The maximum absolute atomic E-state index is 12.9. The molecule has 1 saturated heterocycles. The Morgan fingerprint density at radius 1 is 1.16 bits per heavy atom. The van der Waals surface area contributed by atoms with Crippen molar-refractivity contribution >= 4 is 12.0 Å². The lowest BCUT2D eigenvalue weighted by Crippen LogP contribution is -2.48. The first-order valence-corrected chi connectivity index (χ1v) is 13.5. The van der Waals surface area contributed by atoms with Crippen LogP contribution in [0.3, 0.4) is 0 Å². The summed E-state index contributed by atoms with van der Waals surface area (Å²) in [5, 5.41) is 0. The lowest BCUT2D eigenvalue weighted by molar-refractivity contribution is -0.126. The Labute approximate surface area is 228 Å². The highest BCUT2D eigenvalue weighted by molar-refractivity contribution is 5.78. The number of alkyl halides is 2. The number of hydrogen-bond donors (Lipinski definition) is 0. The van der Waals surface area contributed by atoms with Crippen LogP contribution in [0.15, 0.2) is 54.1 Å². The standard InChI is InChI=1S/C29H43F2NO2.C2H4O2/c1-7-12-22(15-16-23(9-3)26-13-10-11-14-27(26)34-28(30)31)19-32-20-24(29(4,5)6)18-25(21-32)33-17-8-2;1-4-2-3/h9-16,24-25,28H,7-8,17-21H2,1-6H3;2H,1H3/b16-15-,22-12-,23-9+;. The summed E-state index contributed by atoms with van der Waals surface area (Å²) >= 11 is 0. The van der Waals surface area contributed by atoms with E-state index in [0.29, 0.717) is 18.0 Å². The number of para-hydroxylation sites is 1. The van der Waals surface area contributed by atoms with Crippen LogP contribution in [0.4, 0.5) is 8.78 Å². The quantitative estimate of drug-likeness (QED) is 0.204. The van der Waals surface area contributed by atoms with Gasteiger partial charge in [-0.1, -0.05) is 77.1 Å². The van der Waals surface area contributed by atoms with Crippen LogP contribution in [0.1, 0.15) is 66.4 Å². The number of ether oxygens (including phenoxy) is 3. The molecular weight excluding hydrogens is 488 g/mol. The summed E-state index contributed by atoms with van der Waals surface area (Å²) in [5.74, 6) is 0.760. The number of methoxy groups -OCH3 is 1. The number of nitrogens with zero attached hydrogens (tertiary/aromatic N) is 1. The first-order chi connectivity index (χ1) is 18.1. The third-order valence-corrected chi connectivity index (χ3v) is 6.44. The fourth-order valence-corrected chi connectivity index (χ4v) is 4.45. The molecule has 7 heteroatoms. The Kier molecular flexibility index (Phi) is 15.8. The van der Waals surface area contributed by atoms with Crippen LogP contribution in [-0.2, 0) is 14.3 Å². The van der Waals surface area contributed by atoms with Crippen molar-refractivity contribution in [3.05, 3.63) is 59.7 Å². The Balaban J connectivity index is 0.00000168. The molecule has 0 spiro atoms. The number of rotatable bonds is 12. The van der Waals surface area contributed by atoms with Gasteiger partial charge in [0.15, 0.2) is 0 Å². The third-order valence-electron chi connectivity index (χ3n) is 6.44. The zero-order chi connectivity index (χ0) is 28.6. The van der Waals surface area contributed by atoms with E-state index >= 15 is 0 Å². The Hall–Kier alpha value is -2.51. The van der Waals surface area contributed by atoms with Crippen LogP contribution >= 0.6 is 0 Å². The molecule has 1 aromatic carbocycles. The van der Waals surface area contributed by atoms with Gasteiger partial charge in [-0.05, 0) is 54.7 Å². The van der Waals surface area contributed by atoms with Gasteiger partial charge in [0.1, 0.15) is 5.75 Å². The smallest absolute Gasteiger partial charge is 0.387 e. The summed E-state index contributed by atoms with van der Waals surface area (Å²) in [7, 11) is 1.31. The molecule has 2 rings (SSSR count). The number of carbonyl (C=O) groups excluding carboxylic acids is 1. The topological polar surface area (TPSA) is 48.0 Å². The largest absolute Gasteiger partial charge is 0.471 e. The van der Waals surface area contributed by atoms with Gasteiger partial charge in [0, 0.05) is 31.8 Å². The first-order valence-electron chi connectivity index (χ1n) is 13.5. The molecule has 1 aliphatic rings. The average Bonchev–Trinajstić information content (AvgIpc) is 2.88. The molecule has 214 valence electrons. The predicted octanol–water partition coefficient (Wildman–Crippen LogP) is 7.54. The summed E-state index contributed by atoms with van der Waals surface area (Å²) in [5.41, 5.74) is 2.96. The summed E-state index contributed by atoms with van der Waals surface area (Å²) in [6.45, 7) is 14.3. The maximum atomic E-state index is 12.9. The van der Waals surface area contributed by atoms with Gasteiger partial charge >= 0.3 is 6.61 Å². The molecular formula is C31H47F2NO4. The summed E-state index contributed by atoms with van der Waals surface area (Å²) < 4.78 is 40.6. The maximum Gasteiger partial charge on any atom is 0.387 e. The van der Waals surface area contributed by atoms with Gasteiger partial charge in [-0.2, -0.15) is 8.78 Å². The van der Waals surface area contributed by atoms with Crippen molar-refractivity contribution in [2.45, 2.75) is 73.5 Å². The Bertz CT molecular complexity index is 905. The van der Waals surface area contributed by atoms with E-state index in [1.807, 2.05) is 31.2 Å². The number of benzene rings is 1. The molecule has 0 aliphatic carbocycles. The number of allylic oxidation sites excluding steroid dienone is 4. The molecule has 1 aliphatic heterocycles. The molecule has 1 aromatic rings. The Morgan fingerprint density at radius 2 is 1.84 bits per heavy atom. The Morgan fingerprint density at radius 3 is 2.39 bits per heavy atom. The third kappa shape index (κ3) is 12.4. The normalized spacial score (nSPS) is 19.3. The zero-order valence-electron chi connectivity index (χ0n) is 24.2. The van der Waals surface area contributed by atoms with Crippen molar-refractivity contribution < 1.29 is 27.8 Å². The highest BCUT2D eigenvalue weighted by Gasteiger charge is 2.34. The fourth-order valence-electron chi connectivity index (χ4n) is 4.45.